The van der Waals surface area contributed by atoms with Crippen LogP contribution in [0.15, 0.2) is 48.6 Å². The van der Waals surface area contributed by atoms with E-state index in [4.69, 9.17) is 14.2 Å². The van der Waals surface area contributed by atoms with Crippen molar-refractivity contribution in [1.82, 2.24) is 0 Å². The highest BCUT2D eigenvalue weighted by Gasteiger charge is 2.52. The number of benzene rings is 2. The summed E-state index contributed by atoms with van der Waals surface area (Å²) in [7, 11) is 2.42. The summed E-state index contributed by atoms with van der Waals surface area (Å²) >= 11 is 0. The third-order valence-corrected chi connectivity index (χ3v) is 5.94. The lowest BCUT2D eigenvalue weighted by Crippen LogP contribution is -2.58. The molecule has 0 amide bonds. The average molecular weight is 545 g/mol. The number of ether oxygens (including phenoxy) is 4. The van der Waals surface area contributed by atoms with E-state index in [1.165, 1.54) is 49.6 Å². The van der Waals surface area contributed by atoms with E-state index >= 15 is 0 Å². The van der Waals surface area contributed by atoms with Gasteiger partial charge in [-0.1, -0.05) is 12.1 Å². The zero-order chi connectivity index (χ0) is 28.7. The first kappa shape index (κ1) is 29.0. The van der Waals surface area contributed by atoms with Crippen LogP contribution in [-0.4, -0.2) is 81.6 Å². The third-order valence-electron chi connectivity index (χ3n) is 5.94. The molecule has 12 heteroatoms. The Hall–Kier alpha value is -4.55. The standard InChI is InChI=1S/C27H28O12/c1-36-21-8-4-16(12-19(21)30)6-10-24(33)39-25-20(31)13-27(35,26(34)37-2)14-22(25)38-23(32)9-5-15-3-7-17(28)18(29)11-15/h3-12,20,22,25,28-31,35H,13-14H2,1-2H3/b9-5+,10-6+/t20-,22-,25+,27-/m1/s1. The fourth-order valence-corrected chi connectivity index (χ4v) is 4.01. The molecule has 2 aromatic rings. The predicted molar refractivity (Wildman–Crippen MR) is 134 cm³/mol. The van der Waals surface area contributed by atoms with Crippen molar-refractivity contribution in [2.45, 2.75) is 36.8 Å². The molecule has 0 unspecified atom stereocenters. The van der Waals surface area contributed by atoms with Crippen LogP contribution in [0.4, 0.5) is 0 Å². The average Bonchev–Trinajstić information content (AvgIpc) is 2.89. The minimum atomic E-state index is -2.22. The number of hydrogen-bond donors (Lipinski definition) is 5. The highest BCUT2D eigenvalue weighted by Crippen LogP contribution is 2.34. The first-order valence-corrected chi connectivity index (χ1v) is 11.6. The molecule has 39 heavy (non-hydrogen) atoms. The maximum Gasteiger partial charge on any atom is 0.338 e. The molecule has 0 radical (unpaired) electrons. The number of aliphatic hydroxyl groups excluding tert-OH is 1. The summed E-state index contributed by atoms with van der Waals surface area (Å²) in [5.74, 6) is -3.65. The van der Waals surface area contributed by atoms with Gasteiger partial charge in [0.1, 0.15) is 6.10 Å². The van der Waals surface area contributed by atoms with E-state index in [1.807, 2.05) is 0 Å². The van der Waals surface area contributed by atoms with E-state index in [9.17, 15) is 39.9 Å². The monoisotopic (exact) mass is 544 g/mol. The second-order valence-electron chi connectivity index (χ2n) is 8.72. The Morgan fingerprint density at radius 3 is 2.00 bits per heavy atom. The van der Waals surface area contributed by atoms with E-state index < -0.39 is 60.4 Å². The quantitative estimate of drug-likeness (QED) is 0.139. The number of hydrogen-bond acceptors (Lipinski definition) is 12. The molecule has 0 heterocycles. The maximum atomic E-state index is 12.5. The van der Waals surface area contributed by atoms with Gasteiger partial charge in [-0.25, -0.2) is 14.4 Å². The van der Waals surface area contributed by atoms with Crippen molar-refractivity contribution in [3.05, 3.63) is 59.7 Å². The van der Waals surface area contributed by atoms with Gasteiger partial charge in [-0.05, 0) is 47.5 Å². The molecule has 0 spiro atoms. The summed E-state index contributed by atoms with van der Waals surface area (Å²) in [6.07, 6.45) is -1.02. The van der Waals surface area contributed by atoms with E-state index in [0.29, 0.717) is 11.1 Å². The first-order valence-electron chi connectivity index (χ1n) is 11.6. The van der Waals surface area contributed by atoms with Crippen LogP contribution in [0.1, 0.15) is 24.0 Å². The molecule has 1 aliphatic carbocycles. The number of phenols is 3. The van der Waals surface area contributed by atoms with Crippen LogP contribution in [0, 0.1) is 0 Å². The Labute approximate surface area is 222 Å². The molecule has 1 aliphatic rings. The molecular formula is C27H28O12. The second-order valence-corrected chi connectivity index (χ2v) is 8.72. The van der Waals surface area contributed by atoms with E-state index in [0.717, 1.165) is 19.3 Å². The lowest BCUT2D eigenvalue weighted by atomic mass is 9.79. The van der Waals surface area contributed by atoms with Gasteiger partial charge in [0.2, 0.25) is 0 Å². The van der Waals surface area contributed by atoms with Crippen LogP contribution in [0.5, 0.6) is 23.0 Å². The van der Waals surface area contributed by atoms with Gasteiger partial charge >= 0.3 is 17.9 Å². The van der Waals surface area contributed by atoms with E-state index in [-0.39, 0.29) is 17.2 Å². The van der Waals surface area contributed by atoms with Crippen LogP contribution in [0.25, 0.3) is 12.2 Å². The van der Waals surface area contributed by atoms with Crippen molar-refractivity contribution in [3.63, 3.8) is 0 Å². The molecule has 208 valence electrons. The minimum absolute atomic E-state index is 0.152. The number of methoxy groups -OCH3 is 2. The van der Waals surface area contributed by atoms with Gasteiger partial charge in [-0.3, -0.25) is 0 Å². The fourth-order valence-electron chi connectivity index (χ4n) is 4.01. The summed E-state index contributed by atoms with van der Waals surface area (Å²) in [6.45, 7) is 0. The summed E-state index contributed by atoms with van der Waals surface area (Å²) < 4.78 is 20.2. The van der Waals surface area contributed by atoms with Crippen molar-refractivity contribution in [2.75, 3.05) is 14.2 Å². The van der Waals surface area contributed by atoms with E-state index in [2.05, 4.69) is 4.74 Å². The molecule has 4 atom stereocenters. The second kappa shape index (κ2) is 12.3. The molecule has 3 rings (SSSR count). The molecule has 0 saturated heterocycles. The maximum absolute atomic E-state index is 12.5. The number of aromatic hydroxyl groups is 3. The number of phenolic OH excluding ortho intramolecular Hbond substituents is 3. The zero-order valence-corrected chi connectivity index (χ0v) is 21.0. The number of carbonyl (C=O) groups excluding carboxylic acids is 3. The summed E-state index contributed by atoms with van der Waals surface area (Å²) in [5.41, 5.74) is -1.44. The number of rotatable bonds is 8. The van der Waals surface area contributed by atoms with Gasteiger partial charge in [0.25, 0.3) is 0 Å². The smallest absolute Gasteiger partial charge is 0.338 e. The van der Waals surface area contributed by atoms with Gasteiger partial charge in [0.05, 0.1) is 20.3 Å². The molecule has 12 nitrogen and oxygen atoms in total. The summed E-state index contributed by atoms with van der Waals surface area (Å²) in [4.78, 5) is 37.2. The molecule has 5 N–H and O–H groups in total. The van der Waals surface area contributed by atoms with Crippen LogP contribution in [0.2, 0.25) is 0 Å². The van der Waals surface area contributed by atoms with Crippen LogP contribution in [0.3, 0.4) is 0 Å². The first-order chi connectivity index (χ1) is 18.4. The SMILES string of the molecule is COC(=O)[C@@]1(O)C[C@@H](O)[C@H](OC(=O)/C=C/c2ccc(OC)c(O)c2)[C@H](OC(=O)/C=C/c2ccc(O)c(O)c2)C1. The van der Waals surface area contributed by atoms with Crippen molar-refractivity contribution >= 4 is 30.1 Å². The number of aliphatic hydroxyl groups is 2. The highest BCUT2D eigenvalue weighted by atomic mass is 16.6. The molecule has 0 aliphatic heterocycles. The normalized spacial score (nSPS) is 22.9. The Balaban J connectivity index is 1.77. The van der Waals surface area contributed by atoms with Gasteiger partial charge in [0, 0.05) is 25.0 Å². The molecule has 1 saturated carbocycles. The van der Waals surface area contributed by atoms with Crippen LogP contribution in [-0.2, 0) is 28.6 Å². The highest BCUT2D eigenvalue weighted by molar-refractivity contribution is 5.88. The molecule has 0 bridgehead atoms. The zero-order valence-electron chi connectivity index (χ0n) is 21.0. The molecule has 1 fully saturated rings. The van der Waals surface area contributed by atoms with Gasteiger partial charge < -0.3 is 44.5 Å². The van der Waals surface area contributed by atoms with E-state index in [1.54, 1.807) is 6.07 Å². The molecule has 0 aromatic heterocycles. The number of esters is 3. The van der Waals surface area contributed by atoms with Gasteiger partial charge in [0.15, 0.2) is 34.7 Å². The van der Waals surface area contributed by atoms with Crippen molar-refractivity contribution in [2.24, 2.45) is 0 Å². The van der Waals surface area contributed by atoms with Crippen LogP contribution < -0.4 is 4.74 Å². The van der Waals surface area contributed by atoms with Crippen molar-refractivity contribution in [3.8, 4) is 23.0 Å². The fraction of sp³-hybridized carbons (Fsp3) is 0.296. The Morgan fingerprint density at radius 1 is 0.846 bits per heavy atom. The largest absolute Gasteiger partial charge is 0.504 e. The number of carbonyl (C=O) groups is 3. The van der Waals surface area contributed by atoms with Crippen LogP contribution >= 0.6 is 0 Å². The topological polar surface area (TPSA) is 189 Å². The lowest BCUT2D eigenvalue weighted by molar-refractivity contribution is -0.206. The Bertz CT molecular complexity index is 1280. The summed E-state index contributed by atoms with van der Waals surface area (Å²) in [5, 5.41) is 50.3. The predicted octanol–water partition coefficient (Wildman–Crippen LogP) is 1.42. The molecule has 2 aromatic carbocycles. The molecular weight excluding hydrogens is 516 g/mol. The Kier molecular flexibility index (Phi) is 9.17. The summed E-state index contributed by atoms with van der Waals surface area (Å²) in [6, 6.07) is 8.22. The Morgan fingerprint density at radius 2 is 1.44 bits per heavy atom. The van der Waals surface area contributed by atoms with Crippen molar-refractivity contribution in [1.29, 1.82) is 0 Å². The van der Waals surface area contributed by atoms with Gasteiger partial charge in [-0.2, -0.15) is 0 Å². The third kappa shape index (κ3) is 7.27. The van der Waals surface area contributed by atoms with Gasteiger partial charge in [-0.15, -0.1) is 0 Å². The van der Waals surface area contributed by atoms with Crippen molar-refractivity contribution < 1.29 is 58.9 Å². The minimum Gasteiger partial charge on any atom is -0.504 e. The lowest BCUT2D eigenvalue weighted by Gasteiger charge is -2.41.